The molecule has 1 unspecified atom stereocenters. The minimum Gasteiger partial charge on any atom is -0.339 e. The van der Waals surface area contributed by atoms with Crippen LogP contribution in [-0.4, -0.2) is 58.3 Å². The van der Waals surface area contributed by atoms with E-state index in [1.807, 2.05) is 0 Å². The standard InChI is InChI=1S/C20H24FN3O3/c21-17-13-15(20(27)22-9-1-2-10-22)6-5-14(17)12-16-4-3-11-23(16)24-18(25)7-8-19(24)26/h5-6,13,16H,1-4,7-12H2. The van der Waals surface area contributed by atoms with Crippen molar-refractivity contribution in [3.05, 3.63) is 35.1 Å². The monoisotopic (exact) mass is 373 g/mol. The van der Waals surface area contributed by atoms with Crippen molar-refractivity contribution in [3.8, 4) is 0 Å². The Kier molecular flexibility index (Phi) is 4.95. The van der Waals surface area contributed by atoms with Crippen LogP contribution in [0.25, 0.3) is 0 Å². The number of hydrogen-bond donors (Lipinski definition) is 0. The molecule has 1 aromatic carbocycles. The van der Waals surface area contributed by atoms with Crippen LogP contribution in [0.4, 0.5) is 4.39 Å². The number of halogens is 1. The van der Waals surface area contributed by atoms with Gasteiger partial charge >= 0.3 is 0 Å². The Morgan fingerprint density at radius 2 is 1.74 bits per heavy atom. The van der Waals surface area contributed by atoms with Crippen molar-refractivity contribution in [2.75, 3.05) is 19.6 Å². The summed E-state index contributed by atoms with van der Waals surface area (Å²) in [5.41, 5.74) is 0.898. The van der Waals surface area contributed by atoms with Crippen LogP contribution in [0.2, 0.25) is 0 Å². The topological polar surface area (TPSA) is 60.9 Å². The summed E-state index contributed by atoms with van der Waals surface area (Å²) in [6, 6.07) is 4.60. The molecule has 0 radical (unpaired) electrons. The summed E-state index contributed by atoms with van der Waals surface area (Å²) < 4.78 is 14.7. The van der Waals surface area contributed by atoms with E-state index in [0.717, 1.165) is 38.8 Å². The minimum atomic E-state index is -0.397. The average molecular weight is 373 g/mol. The number of amides is 3. The Bertz CT molecular complexity index is 760. The summed E-state index contributed by atoms with van der Waals surface area (Å²) >= 11 is 0. The van der Waals surface area contributed by atoms with Crippen LogP contribution in [0.5, 0.6) is 0 Å². The molecular weight excluding hydrogens is 349 g/mol. The first-order valence-electron chi connectivity index (χ1n) is 9.74. The van der Waals surface area contributed by atoms with Gasteiger partial charge in [0, 0.05) is 44.1 Å². The maximum atomic E-state index is 14.7. The summed E-state index contributed by atoms with van der Waals surface area (Å²) in [5, 5.41) is 3.07. The first kappa shape index (κ1) is 18.1. The second-order valence-corrected chi connectivity index (χ2v) is 7.57. The van der Waals surface area contributed by atoms with Gasteiger partial charge in [0.2, 0.25) is 11.8 Å². The Balaban J connectivity index is 1.48. The van der Waals surface area contributed by atoms with Crippen LogP contribution in [0.1, 0.15) is 54.4 Å². The second-order valence-electron chi connectivity index (χ2n) is 7.57. The Labute approximate surface area is 157 Å². The summed E-state index contributed by atoms with van der Waals surface area (Å²) in [6.07, 6.45) is 4.60. The number of hydrazine groups is 1. The SMILES string of the molecule is O=C(c1ccc(CC2CCCN2N2C(=O)CCC2=O)c(F)c1)N1CCCC1. The van der Waals surface area contributed by atoms with Gasteiger partial charge in [-0.15, -0.1) is 0 Å². The molecule has 0 bridgehead atoms. The highest BCUT2D eigenvalue weighted by atomic mass is 19.1. The van der Waals surface area contributed by atoms with Gasteiger partial charge in [0.15, 0.2) is 0 Å². The summed E-state index contributed by atoms with van der Waals surface area (Å²) in [6.45, 7) is 2.10. The number of rotatable bonds is 4. The number of imide groups is 1. The molecule has 4 rings (SSSR count). The van der Waals surface area contributed by atoms with E-state index in [2.05, 4.69) is 0 Å². The zero-order valence-electron chi connectivity index (χ0n) is 15.3. The predicted octanol–water partition coefficient (Wildman–Crippen LogP) is 2.13. The van der Waals surface area contributed by atoms with Crippen molar-refractivity contribution in [3.63, 3.8) is 0 Å². The smallest absolute Gasteiger partial charge is 0.253 e. The first-order chi connectivity index (χ1) is 13.0. The van der Waals surface area contributed by atoms with Gasteiger partial charge in [-0.3, -0.25) is 14.4 Å². The Morgan fingerprint density at radius 1 is 1.04 bits per heavy atom. The van der Waals surface area contributed by atoms with Gasteiger partial charge in [0.05, 0.1) is 0 Å². The lowest BCUT2D eigenvalue weighted by atomic mass is 10.0. The van der Waals surface area contributed by atoms with Gasteiger partial charge < -0.3 is 4.90 Å². The fraction of sp³-hybridized carbons (Fsp3) is 0.550. The summed E-state index contributed by atoms with van der Waals surface area (Å²) in [7, 11) is 0. The van der Waals surface area contributed by atoms with E-state index in [1.165, 1.54) is 11.1 Å². The van der Waals surface area contributed by atoms with Crippen LogP contribution in [0, 0.1) is 5.82 Å². The zero-order chi connectivity index (χ0) is 19.0. The zero-order valence-corrected chi connectivity index (χ0v) is 15.3. The molecule has 3 fully saturated rings. The van der Waals surface area contributed by atoms with Gasteiger partial charge in [-0.05, 0) is 49.8 Å². The van der Waals surface area contributed by atoms with Crippen molar-refractivity contribution in [1.82, 2.24) is 14.9 Å². The molecule has 0 aromatic heterocycles. The maximum absolute atomic E-state index is 14.7. The molecule has 0 saturated carbocycles. The summed E-state index contributed by atoms with van der Waals surface area (Å²) in [5.74, 6) is -0.850. The largest absolute Gasteiger partial charge is 0.339 e. The first-order valence-corrected chi connectivity index (χ1v) is 9.74. The lowest BCUT2D eigenvalue weighted by Crippen LogP contribution is -2.49. The molecule has 0 N–H and O–H groups in total. The third-order valence-electron chi connectivity index (χ3n) is 5.78. The molecule has 144 valence electrons. The molecule has 0 aliphatic carbocycles. The number of likely N-dealkylation sites (tertiary alicyclic amines) is 1. The molecule has 27 heavy (non-hydrogen) atoms. The number of carbonyl (C=O) groups is 3. The molecule has 1 atom stereocenters. The van der Waals surface area contributed by atoms with Crippen LogP contribution in [-0.2, 0) is 16.0 Å². The molecule has 7 heteroatoms. The number of nitrogens with zero attached hydrogens (tertiary/aromatic N) is 3. The molecule has 3 saturated heterocycles. The van der Waals surface area contributed by atoms with Gasteiger partial charge in [-0.1, -0.05) is 6.07 Å². The fourth-order valence-electron chi connectivity index (χ4n) is 4.35. The highest BCUT2D eigenvalue weighted by molar-refractivity contribution is 6.01. The lowest BCUT2D eigenvalue weighted by molar-refractivity contribution is -0.158. The van der Waals surface area contributed by atoms with Gasteiger partial charge in [-0.25, -0.2) is 14.4 Å². The van der Waals surface area contributed by atoms with Gasteiger partial charge in [0.1, 0.15) is 5.82 Å². The second kappa shape index (κ2) is 7.38. The normalized spacial score (nSPS) is 23.7. The molecule has 3 aliphatic rings. The van der Waals surface area contributed by atoms with E-state index < -0.39 is 5.82 Å². The molecule has 1 aromatic rings. The Morgan fingerprint density at radius 3 is 2.41 bits per heavy atom. The summed E-state index contributed by atoms with van der Waals surface area (Å²) in [4.78, 5) is 38.2. The minimum absolute atomic E-state index is 0.0781. The third-order valence-corrected chi connectivity index (χ3v) is 5.78. The van der Waals surface area contributed by atoms with E-state index in [-0.39, 0.29) is 36.6 Å². The lowest BCUT2D eigenvalue weighted by Gasteiger charge is -2.31. The quantitative estimate of drug-likeness (QED) is 0.759. The van der Waals surface area contributed by atoms with Crippen molar-refractivity contribution >= 4 is 17.7 Å². The van der Waals surface area contributed by atoms with Crippen LogP contribution >= 0.6 is 0 Å². The van der Waals surface area contributed by atoms with E-state index in [9.17, 15) is 18.8 Å². The van der Waals surface area contributed by atoms with E-state index in [1.54, 1.807) is 22.0 Å². The Hall–Kier alpha value is -2.28. The highest BCUT2D eigenvalue weighted by Gasteiger charge is 2.39. The number of carbonyl (C=O) groups excluding carboxylic acids is 3. The highest BCUT2D eigenvalue weighted by Crippen LogP contribution is 2.28. The number of hydrogen-bond acceptors (Lipinski definition) is 4. The predicted molar refractivity (Wildman–Crippen MR) is 96.1 cm³/mol. The average Bonchev–Trinajstić information content (AvgIpc) is 3.39. The van der Waals surface area contributed by atoms with Crippen LogP contribution < -0.4 is 0 Å². The van der Waals surface area contributed by atoms with Gasteiger partial charge in [0.25, 0.3) is 5.91 Å². The van der Waals surface area contributed by atoms with Crippen LogP contribution in [0.3, 0.4) is 0 Å². The van der Waals surface area contributed by atoms with Crippen molar-refractivity contribution in [2.24, 2.45) is 0 Å². The molecular formula is C20H24FN3O3. The van der Waals surface area contributed by atoms with E-state index in [0.29, 0.717) is 24.1 Å². The molecule has 0 spiro atoms. The third kappa shape index (κ3) is 3.48. The molecule has 3 aliphatic heterocycles. The van der Waals surface area contributed by atoms with Crippen molar-refractivity contribution < 1.29 is 18.8 Å². The van der Waals surface area contributed by atoms with Gasteiger partial charge in [-0.2, -0.15) is 0 Å². The maximum Gasteiger partial charge on any atom is 0.253 e. The van der Waals surface area contributed by atoms with Crippen LogP contribution in [0.15, 0.2) is 18.2 Å². The fourth-order valence-corrected chi connectivity index (χ4v) is 4.35. The van der Waals surface area contributed by atoms with E-state index >= 15 is 0 Å². The number of benzene rings is 1. The van der Waals surface area contributed by atoms with Crippen molar-refractivity contribution in [1.29, 1.82) is 0 Å². The van der Waals surface area contributed by atoms with Crippen molar-refractivity contribution in [2.45, 2.75) is 51.0 Å². The molecule has 6 nitrogen and oxygen atoms in total. The molecule has 3 heterocycles. The van der Waals surface area contributed by atoms with E-state index in [4.69, 9.17) is 0 Å². The molecule has 3 amide bonds.